The number of hydrogen-bond acceptors (Lipinski definition) is 7. The van der Waals surface area contributed by atoms with Gasteiger partial charge in [0.2, 0.25) is 5.91 Å². The molecular weight excluding hydrogens is 479 g/mol. The van der Waals surface area contributed by atoms with Gasteiger partial charge in [-0.2, -0.15) is 13.2 Å². The van der Waals surface area contributed by atoms with Crippen LogP contribution in [0.2, 0.25) is 0 Å². The van der Waals surface area contributed by atoms with Crippen molar-refractivity contribution in [2.45, 2.75) is 49.5 Å². The highest BCUT2D eigenvalue weighted by atomic mass is 32.1. The van der Waals surface area contributed by atoms with E-state index < -0.39 is 17.3 Å². The zero-order valence-electron chi connectivity index (χ0n) is 18.8. The van der Waals surface area contributed by atoms with Crippen LogP contribution in [0.15, 0.2) is 42.2 Å². The molecule has 2 fully saturated rings. The number of rotatable bonds is 6. The molecule has 2 atom stereocenters. The largest absolute Gasteiger partial charge is 0.416 e. The van der Waals surface area contributed by atoms with Crippen molar-refractivity contribution < 1.29 is 23.1 Å². The third kappa shape index (κ3) is 4.98. The van der Waals surface area contributed by atoms with Gasteiger partial charge in [-0.1, -0.05) is 6.07 Å². The van der Waals surface area contributed by atoms with Gasteiger partial charge in [-0.25, -0.2) is 4.98 Å². The first-order valence-corrected chi connectivity index (χ1v) is 12.4. The molecule has 7 nitrogen and oxygen atoms in total. The van der Waals surface area contributed by atoms with Crippen LogP contribution < -0.4 is 16.0 Å². The summed E-state index contributed by atoms with van der Waals surface area (Å²) in [6.07, 6.45) is 1.78. The molecular formula is C24H26F3N5O2S. The van der Waals surface area contributed by atoms with E-state index in [1.165, 1.54) is 23.6 Å². The Labute approximate surface area is 204 Å². The molecule has 2 aromatic heterocycles. The van der Waals surface area contributed by atoms with E-state index in [9.17, 15) is 23.1 Å². The van der Waals surface area contributed by atoms with Gasteiger partial charge in [-0.05, 0) is 55.2 Å². The summed E-state index contributed by atoms with van der Waals surface area (Å²) in [5.74, 6) is 0.335. The molecule has 2 unspecified atom stereocenters. The lowest BCUT2D eigenvalue weighted by Crippen LogP contribution is -2.68. The minimum absolute atomic E-state index is 0.0267. The van der Waals surface area contributed by atoms with Crippen LogP contribution >= 0.6 is 11.3 Å². The quantitative estimate of drug-likeness (QED) is 0.408. The van der Waals surface area contributed by atoms with E-state index in [1.807, 2.05) is 0 Å². The van der Waals surface area contributed by atoms with E-state index in [2.05, 4.69) is 25.9 Å². The average molecular weight is 506 g/mol. The second-order valence-electron chi connectivity index (χ2n) is 9.29. The molecule has 4 N–H and O–H groups in total. The van der Waals surface area contributed by atoms with Crippen LogP contribution in [0.3, 0.4) is 0 Å². The summed E-state index contributed by atoms with van der Waals surface area (Å²) in [5.41, 5.74) is 0.153. The SMILES string of the molecule is O=C(CNc1nccc2ccc(C(F)(F)F)cc12)NC1CNC1C1CCC(O)(c2cncs2)CC1. The lowest BCUT2D eigenvalue weighted by Gasteiger charge is -2.47. The Hall–Kier alpha value is -2.76. The smallest absolute Gasteiger partial charge is 0.384 e. The number of amides is 1. The number of nitrogens with one attached hydrogen (secondary N) is 3. The van der Waals surface area contributed by atoms with Crippen LogP contribution in [0.5, 0.6) is 0 Å². The minimum atomic E-state index is -4.46. The maximum Gasteiger partial charge on any atom is 0.416 e. The van der Waals surface area contributed by atoms with Gasteiger partial charge < -0.3 is 21.1 Å². The summed E-state index contributed by atoms with van der Waals surface area (Å²) < 4.78 is 39.4. The number of hydrogen-bond donors (Lipinski definition) is 4. The number of anilines is 1. The van der Waals surface area contributed by atoms with Gasteiger partial charge in [0.15, 0.2) is 0 Å². The van der Waals surface area contributed by atoms with Crippen molar-refractivity contribution in [1.29, 1.82) is 0 Å². The molecule has 3 heterocycles. The average Bonchev–Trinajstić information content (AvgIpc) is 3.37. The van der Waals surface area contributed by atoms with Crippen molar-refractivity contribution in [2.75, 3.05) is 18.4 Å². The van der Waals surface area contributed by atoms with Crippen molar-refractivity contribution in [1.82, 2.24) is 20.6 Å². The Morgan fingerprint density at radius 1 is 1.26 bits per heavy atom. The molecule has 1 saturated carbocycles. The summed E-state index contributed by atoms with van der Waals surface area (Å²) in [7, 11) is 0. The molecule has 0 bridgehead atoms. The number of halogens is 3. The van der Waals surface area contributed by atoms with Crippen molar-refractivity contribution in [3.63, 3.8) is 0 Å². The number of carbonyl (C=O) groups is 1. The van der Waals surface area contributed by atoms with Gasteiger partial charge in [0.25, 0.3) is 0 Å². The highest BCUT2D eigenvalue weighted by molar-refractivity contribution is 7.09. The van der Waals surface area contributed by atoms with E-state index in [1.54, 1.807) is 17.8 Å². The van der Waals surface area contributed by atoms with Gasteiger partial charge in [0.1, 0.15) is 11.4 Å². The number of aromatic nitrogens is 2. The second kappa shape index (κ2) is 9.36. The minimum Gasteiger partial charge on any atom is -0.384 e. The summed E-state index contributed by atoms with van der Waals surface area (Å²) in [5, 5.41) is 21.2. The molecule has 5 rings (SSSR count). The molecule has 1 aromatic carbocycles. The van der Waals surface area contributed by atoms with E-state index in [0.29, 0.717) is 36.1 Å². The van der Waals surface area contributed by atoms with Crippen molar-refractivity contribution in [3.05, 3.63) is 52.6 Å². The van der Waals surface area contributed by atoms with Crippen molar-refractivity contribution in [2.24, 2.45) is 5.92 Å². The van der Waals surface area contributed by atoms with Gasteiger partial charge in [0.05, 0.1) is 28.5 Å². The van der Waals surface area contributed by atoms with Crippen molar-refractivity contribution >= 4 is 33.8 Å². The molecule has 0 spiro atoms. The Morgan fingerprint density at radius 2 is 2.06 bits per heavy atom. The predicted molar refractivity (Wildman–Crippen MR) is 127 cm³/mol. The second-order valence-corrected chi connectivity index (χ2v) is 10.2. The molecule has 1 aliphatic heterocycles. The number of nitrogens with zero attached hydrogens (tertiary/aromatic N) is 2. The van der Waals surface area contributed by atoms with Crippen LogP contribution in [0.4, 0.5) is 19.0 Å². The summed E-state index contributed by atoms with van der Waals surface area (Å²) in [6.45, 7) is 0.564. The maximum atomic E-state index is 13.1. The fraction of sp³-hybridized carbons (Fsp3) is 0.458. The first-order chi connectivity index (χ1) is 16.7. The standard InChI is InChI=1S/C24H26F3N5O2S/c25-24(26,27)16-2-1-14-5-8-29-22(17(14)9-16)31-12-20(33)32-18-10-30-21(18)15-3-6-23(34,7-4-15)19-11-28-13-35-19/h1-2,5,8-9,11,13,15,18,21,30,34H,3-4,6-7,10,12H2,(H,29,31)(H,32,33). The molecule has 186 valence electrons. The molecule has 2 aliphatic rings. The number of benzene rings is 1. The molecule has 1 aliphatic carbocycles. The van der Waals surface area contributed by atoms with Crippen LogP contribution in [0, 0.1) is 5.92 Å². The van der Waals surface area contributed by atoms with Crippen LogP contribution in [0.25, 0.3) is 10.8 Å². The Balaban J connectivity index is 1.16. The zero-order valence-corrected chi connectivity index (χ0v) is 19.6. The number of fused-ring (bicyclic) bond motifs is 1. The molecule has 35 heavy (non-hydrogen) atoms. The van der Waals surface area contributed by atoms with Gasteiger partial charge in [0, 0.05) is 30.4 Å². The lowest BCUT2D eigenvalue weighted by molar-refractivity contribution is -0.137. The monoisotopic (exact) mass is 505 g/mol. The number of pyridine rings is 1. The Kier molecular flexibility index (Phi) is 6.41. The molecule has 1 amide bonds. The van der Waals surface area contributed by atoms with Gasteiger partial charge >= 0.3 is 6.18 Å². The first-order valence-electron chi connectivity index (χ1n) is 11.6. The Morgan fingerprint density at radius 3 is 2.71 bits per heavy atom. The third-order valence-corrected chi connectivity index (χ3v) is 8.09. The fourth-order valence-corrected chi connectivity index (χ4v) is 5.86. The highest BCUT2D eigenvalue weighted by Crippen LogP contribution is 2.43. The lowest BCUT2D eigenvalue weighted by atomic mass is 9.72. The molecule has 1 saturated heterocycles. The summed E-state index contributed by atoms with van der Waals surface area (Å²) in [6, 6.07) is 5.22. The number of carbonyl (C=O) groups excluding carboxylic acids is 1. The molecule has 11 heteroatoms. The van der Waals surface area contributed by atoms with E-state index in [4.69, 9.17) is 0 Å². The van der Waals surface area contributed by atoms with Gasteiger partial charge in [-0.3, -0.25) is 9.78 Å². The van der Waals surface area contributed by atoms with E-state index in [0.717, 1.165) is 29.9 Å². The number of alkyl halides is 3. The predicted octanol–water partition coefficient (Wildman–Crippen LogP) is 3.66. The van der Waals surface area contributed by atoms with E-state index in [-0.39, 0.29) is 30.4 Å². The normalized spacial score (nSPS) is 26.8. The fourth-order valence-electron chi connectivity index (χ4n) is 5.08. The summed E-state index contributed by atoms with van der Waals surface area (Å²) >= 11 is 1.47. The first kappa shape index (κ1) is 24.0. The topological polar surface area (TPSA) is 99.2 Å². The third-order valence-electron chi connectivity index (χ3n) is 7.12. The maximum absolute atomic E-state index is 13.1. The Bertz CT molecular complexity index is 1200. The zero-order chi connectivity index (χ0) is 24.6. The van der Waals surface area contributed by atoms with Crippen LogP contribution in [-0.2, 0) is 16.6 Å². The molecule has 0 radical (unpaired) electrons. The highest BCUT2D eigenvalue weighted by Gasteiger charge is 2.43. The van der Waals surface area contributed by atoms with E-state index >= 15 is 0 Å². The number of aliphatic hydroxyl groups is 1. The summed E-state index contributed by atoms with van der Waals surface area (Å²) in [4.78, 5) is 21.7. The number of thiazole rings is 1. The molecule has 3 aromatic rings. The van der Waals surface area contributed by atoms with Crippen molar-refractivity contribution in [3.8, 4) is 0 Å². The van der Waals surface area contributed by atoms with Crippen LogP contribution in [-0.4, -0.2) is 46.2 Å². The van der Waals surface area contributed by atoms with Crippen LogP contribution in [0.1, 0.15) is 36.1 Å². The van der Waals surface area contributed by atoms with Gasteiger partial charge in [-0.15, -0.1) is 11.3 Å².